The van der Waals surface area contributed by atoms with Gasteiger partial charge in [0.25, 0.3) is 0 Å². The summed E-state index contributed by atoms with van der Waals surface area (Å²) in [6, 6.07) is -0.878. The molecule has 3 unspecified atom stereocenters. The van der Waals surface area contributed by atoms with E-state index in [0.717, 1.165) is 64.2 Å². The van der Waals surface area contributed by atoms with Gasteiger partial charge in [-0.05, 0) is 51.4 Å². The number of phosphoric ester groups is 1. The van der Waals surface area contributed by atoms with Gasteiger partial charge in [-0.1, -0.05) is 153 Å². The van der Waals surface area contributed by atoms with E-state index >= 15 is 0 Å². The van der Waals surface area contributed by atoms with E-state index in [0.29, 0.717) is 6.42 Å². The average Bonchev–Trinajstić information content (AvgIpc) is 3.07. The molecule has 48 heavy (non-hydrogen) atoms. The van der Waals surface area contributed by atoms with Crippen molar-refractivity contribution < 1.29 is 28.4 Å². The third kappa shape index (κ3) is 33.2. The Morgan fingerprint density at radius 1 is 0.667 bits per heavy atom. The molecule has 0 aromatic heterocycles. The number of hydrogen-bond donors (Lipinski definition) is 4. The zero-order valence-corrected chi connectivity index (χ0v) is 31.9. The molecule has 0 spiro atoms. The van der Waals surface area contributed by atoms with Crippen LogP contribution in [-0.2, 0) is 18.4 Å². The number of rotatable bonds is 36. The fourth-order valence-electron chi connectivity index (χ4n) is 5.44. The number of carbonyl (C=O) groups is 1. The molecule has 282 valence electrons. The molecule has 1 amide bonds. The zero-order valence-electron chi connectivity index (χ0n) is 31.0. The summed E-state index contributed by atoms with van der Waals surface area (Å²) in [4.78, 5) is 22.5. The largest absolute Gasteiger partial charge is 0.472 e. The predicted molar refractivity (Wildman–Crippen MR) is 203 cm³/mol. The van der Waals surface area contributed by atoms with Crippen molar-refractivity contribution in [1.82, 2.24) is 5.32 Å². The molecule has 0 aliphatic heterocycles. The van der Waals surface area contributed by atoms with E-state index in [-0.39, 0.29) is 25.7 Å². The number of aliphatic hydroxyl groups excluding tert-OH is 1. The molecule has 0 heterocycles. The minimum atomic E-state index is -4.34. The monoisotopic (exact) mass is 699 g/mol. The quantitative estimate of drug-likeness (QED) is 0.0291. The Morgan fingerprint density at radius 3 is 1.69 bits per heavy atom. The van der Waals surface area contributed by atoms with Crippen molar-refractivity contribution in [3.63, 3.8) is 0 Å². The molecule has 0 aromatic rings. The van der Waals surface area contributed by atoms with Gasteiger partial charge < -0.3 is 21.1 Å². The van der Waals surface area contributed by atoms with Gasteiger partial charge in [0.05, 0.1) is 25.4 Å². The van der Waals surface area contributed by atoms with Gasteiger partial charge in [0.15, 0.2) is 0 Å². The number of allylic oxidation sites excluding steroid dienone is 5. The van der Waals surface area contributed by atoms with E-state index in [4.69, 9.17) is 14.8 Å². The van der Waals surface area contributed by atoms with Crippen LogP contribution in [0.1, 0.15) is 174 Å². The van der Waals surface area contributed by atoms with Crippen molar-refractivity contribution in [1.29, 1.82) is 0 Å². The van der Waals surface area contributed by atoms with E-state index in [9.17, 15) is 19.4 Å². The standard InChI is InChI=1S/C39H75N2O6P/c1-3-5-7-9-11-13-15-16-17-18-19-20-21-22-23-24-26-28-30-32-38(42)37(36-47-48(44,45)46-35-34-40)41-39(43)33-31-29-27-25-14-12-10-8-6-4-2/h8,10,23-24,30,32,37-38,42H,3-7,9,11-22,25-29,31,33-36,40H2,1-2H3,(H,41,43)(H,44,45)/b10-8-,24-23+,32-30+. The Hall–Kier alpha value is -1.28. The molecule has 0 aliphatic carbocycles. The Morgan fingerprint density at radius 2 is 1.15 bits per heavy atom. The smallest absolute Gasteiger partial charge is 0.387 e. The molecular formula is C39H75N2O6P. The predicted octanol–water partition coefficient (Wildman–Crippen LogP) is 10.4. The fraction of sp³-hybridized carbons (Fsp3) is 0.821. The molecule has 0 saturated heterocycles. The Labute approximate surface area is 295 Å². The second-order valence-electron chi connectivity index (χ2n) is 13.1. The molecule has 5 N–H and O–H groups in total. The number of amides is 1. The summed E-state index contributed by atoms with van der Waals surface area (Å²) in [6.07, 6.45) is 40.6. The van der Waals surface area contributed by atoms with Gasteiger partial charge in [-0.15, -0.1) is 0 Å². The molecule has 0 fully saturated rings. The van der Waals surface area contributed by atoms with Crippen LogP contribution in [0.4, 0.5) is 0 Å². The summed E-state index contributed by atoms with van der Waals surface area (Å²) < 4.78 is 22.0. The van der Waals surface area contributed by atoms with Gasteiger partial charge in [-0.3, -0.25) is 13.8 Å². The number of nitrogens with two attached hydrogens (primary N) is 1. The van der Waals surface area contributed by atoms with E-state index in [2.05, 4.69) is 43.5 Å². The SMILES string of the molecule is CCC/C=C\CCCCCCCC(=O)NC(COP(=O)(O)OCCN)C(O)/C=C/CC/C=C/CCCCCCCCCCCCCCC. The Kier molecular flexibility index (Phi) is 34.6. The number of aliphatic hydroxyl groups is 1. The summed E-state index contributed by atoms with van der Waals surface area (Å²) in [5, 5.41) is 13.6. The minimum Gasteiger partial charge on any atom is -0.387 e. The molecular weight excluding hydrogens is 623 g/mol. The highest BCUT2D eigenvalue weighted by Gasteiger charge is 2.26. The fourth-order valence-corrected chi connectivity index (χ4v) is 6.20. The highest BCUT2D eigenvalue weighted by molar-refractivity contribution is 7.47. The summed E-state index contributed by atoms with van der Waals surface area (Å²) in [6.45, 7) is 4.03. The first kappa shape index (κ1) is 46.7. The summed E-state index contributed by atoms with van der Waals surface area (Å²) >= 11 is 0. The second kappa shape index (κ2) is 35.5. The lowest BCUT2D eigenvalue weighted by atomic mass is 10.0. The third-order valence-corrected chi connectivity index (χ3v) is 9.40. The number of carbonyl (C=O) groups excluding carboxylic acids is 1. The minimum absolute atomic E-state index is 0.0723. The van der Waals surface area contributed by atoms with Crippen LogP contribution < -0.4 is 11.1 Å². The topological polar surface area (TPSA) is 131 Å². The van der Waals surface area contributed by atoms with Gasteiger partial charge in [0, 0.05) is 13.0 Å². The van der Waals surface area contributed by atoms with Crippen molar-refractivity contribution in [2.75, 3.05) is 19.8 Å². The highest BCUT2D eigenvalue weighted by atomic mass is 31.2. The summed E-state index contributed by atoms with van der Waals surface area (Å²) in [5.41, 5.74) is 5.35. The van der Waals surface area contributed by atoms with E-state index in [1.165, 1.54) is 89.9 Å². The summed E-state index contributed by atoms with van der Waals surface area (Å²) in [5.74, 6) is -0.217. The number of unbranched alkanes of at least 4 members (excludes halogenated alkanes) is 20. The molecule has 3 atom stereocenters. The second-order valence-corrected chi connectivity index (χ2v) is 14.6. The summed E-state index contributed by atoms with van der Waals surface area (Å²) in [7, 11) is -4.34. The molecule has 0 radical (unpaired) electrons. The normalized spacial score (nSPS) is 14.7. The van der Waals surface area contributed by atoms with Crippen LogP contribution in [0.5, 0.6) is 0 Å². The molecule has 0 saturated carbocycles. The molecule has 0 rings (SSSR count). The molecule has 0 aromatic carbocycles. The Balaban J connectivity index is 4.30. The van der Waals surface area contributed by atoms with Crippen molar-refractivity contribution in [3.05, 3.63) is 36.5 Å². The van der Waals surface area contributed by atoms with E-state index in [1.54, 1.807) is 6.08 Å². The molecule has 0 aliphatic rings. The van der Waals surface area contributed by atoms with Gasteiger partial charge in [-0.25, -0.2) is 4.57 Å². The van der Waals surface area contributed by atoms with Crippen molar-refractivity contribution >= 4 is 13.7 Å². The third-order valence-electron chi connectivity index (χ3n) is 8.42. The lowest BCUT2D eigenvalue weighted by Crippen LogP contribution is -2.45. The maximum atomic E-state index is 12.6. The first-order valence-corrected chi connectivity index (χ1v) is 21.1. The van der Waals surface area contributed by atoms with Gasteiger partial charge in [-0.2, -0.15) is 0 Å². The van der Waals surface area contributed by atoms with Crippen LogP contribution in [0, 0.1) is 0 Å². The van der Waals surface area contributed by atoms with Crippen molar-refractivity contribution in [2.24, 2.45) is 5.73 Å². The van der Waals surface area contributed by atoms with E-state index in [1.807, 2.05) is 6.08 Å². The van der Waals surface area contributed by atoms with E-state index < -0.39 is 20.0 Å². The molecule has 9 heteroatoms. The van der Waals surface area contributed by atoms with Crippen LogP contribution in [0.2, 0.25) is 0 Å². The highest BCUT2D eigenvalue weighted by Crippen LogP contribution is 2.43. The van der Waals surface area contributed by atoms with Crippen LogP contribution in [-0.4, -0.2) is 47.8 Å². The van der Waals surface area contributed by atoms with Gasteiger partial charge in [0.1, 0.15) is 0 Å². The van der Waals surface area contributed by atoms with Crippen LogP contribution in [0.25, 0.3) is 0 Å². The van der Waals surface area contributed by atoms with Gasteiger partial charge in [0.2, 0.25) is 5.91 Å². The number of phosphoric acid groups is 1. The average molecular weight is 699 g/mol. The lowest BCUT2D eigenvalue weighted by molar-refractivity contribution is -0.123. The first-order chi connectivity index (χ1) is 23.4. The van der Waals surface area contributed by atoms with Crippen LogP contribution in [0.15, 0.2) is 36.5 Å². The number of nitrogens with one attached hydrogen (secondary N) is 1. The van der Waals surface area contributed by atoms with Crippen molar-refractivity contribution in [2.45, 2.75) is 187 Å². The lowest BCUT2D eigenvalue weighted by Gasteiger charge is -2.23. The number of hydrogen-bond acceptors (Lipinski definition) is 6. The molecule has 8 nitrogen and oxygen atoms in total. The van der Waals surface area contributed by atoms with Crippen molar-refractivity contribution in [3.8, 4) is 0 Å². The van der Waals surface area contributed by atoms with Crippen LogP contribution in [0.3, 0.4) is 0 Å². The van der Waals surface area contributed by atoms with Gasteiger partial charge >= 0.3 is 7.82 Å². The van der Waals surface area contributed by atoms with Crippen LogP contribution >= 0.6 is 7.82 Å². The first-order valence-electron chi connectivity index (χ1n) is 19.6. The zero-order chi connectivity index (χ0) is 35.4. The maximum Gasteiger partial charge on any atom is 0.472 e. The molecule has 0 bridgehead atoms. The maximum absolute atomic E-state index is 12.6. The Bertz CT molecular complexity index is 850.